The molecule has 0 saturated carbocycles. The fraction of sp³-hybridized carbons (Fsp3) is 0.455. The molecule has 0 bridgehead atoms. The summed E-state index contributed by atoms with van der Waals surface area (Å²) in [6.07, 6.45) is 2.30. The molecule has 1 aromatic heterocycles. The summed E-state index contributed by atoms with van der Waals surface area (Å²) in [4.78, 5) is 19.0. The summed E-state index contributed by atoms with van der Waals surface area (Å²) in [7, 11) is 0. The summed E-state index contributed by atoms with van der Waals surface area (Å²) in [6, 6.07) is 11.8. The molecule has 0 radical (unpaired) electrons. The molecule has 1 heterocycles. The highest BCUT2D eigenvalue weighted by molar-refractivity contribution is 5.94. The van der Waals surface area contributed by atoms with Gasteiger partial charge in [0.1, 0.15) is 0 Å². The van der Waals surface area contributed by atoms with E-state index in [9.17, 15) is 9.90 Å². The first-order valence-corrected chi connectivity index (χ1v) is 9.24. The fourth-order valence-corrected chi connectivity index (χ4v) is 4.22. The number of likely N-dealkylation sites (N-methyl/N-ethyl adjacent to an activating group) is 1. The van der Waals surface area contributed by atoms with Crippen LogP contribution in [-0.4, -0.2) is 33.5 Å². The van der Waals surface area contributed by atoms with Gasteiger partial charge in [0.25, 0.3) is 5.91 Å². The molecule has 0 aliphatic heterocycles. The Kier molecular flexibility index (Phi) is 4.55. The van der Waals surface area contributed by atoms with E-state index in [0.29, 0.717) is 12.1 Å². The molecule has 1 aliphatic carbocycles. The molecule has 1 amide bonds. The van der Waals surface area contributed by atoms with Gasteiger partial charge in [0.2, 0.25) is 5.88 Å². The Balaban J connectivity index is 2.03. The van der Waals surface area contributed by atoms with Crippen molar-refractivity contribution in [3.8, 4) is 5.88 Å². The minimum Gasteiger partial charge on any atom is -0.493 e. The van der Waals surface area contributed by atoms with Gasteiger partial charge in [-0.15, -0.1) is 0 Å². The molecule has 1 aliphatic rings. The average Bonchev–Trinajstić information content (AvgIpc) is 2.61. The number of aromatic nitrogens is 1. The van der Waals surface area contributed by atoms with Gasteiger partial charge < -0.3 is 10.0 Å². The van der Waals surface area contributed by atoms with Crippen LogP contribution >= 0.6 is 0 Å². The molecule has 138 valence electrons. The van der Waals surface area contributed by atoms with Crippen molar-refractivity contribution in [2.45, 2.75) is 52.5 Å². The highest BCUT2D eigenvalue weighted by Gasteiger charge is 2.51. The maximum Gasteiger partial charge on any atom is 0.255 e. The summed E-state index contributed by atoms with van der Waals surface area (Å²) in [5.74, 6) is -0.106. The van der Waals surface area contributed by atoms with Gasteiger partial charge >= 0.3 is 0 Å². The van der Waals surface area contributed by atoms with Crippen LogP contribution in [0.1, 0.15) is 56.1 Å². The van der Waals surface area contributed by atoms with Crippen molar-refractivity contribution in [2.24, 2.45) is 5.41 Å². The third-order valence-electron chi connectivity index (χ3n) is 6.52. The van der Waals surface area contributed by atoms with Gasteiger partial charge in [0.05, 0.1) is 5.56 Å². The van der Waals surface area contributed by atoms with Crippen LogP contribution in [-0.2, 0) is 11.8 Å². The van der Waals surface area contributed by atoms with Crippen LogP contribution in [0.4, 0.5) is 0 Å². The maximum atomic E-state index is 13.2. The Morgan fingerprint density at radius 1 is 1.19 bits per heavy atom. The molecule has 1 N–H and O–H groups in total. The van der Waals surface area contributed by atoms with Gasteiger partial charge in [-0.3, -0.25) is 4.79 Å². The van der Waals surface area contributed by atoms with Gasteiger partial charge in [0, 0.05) is 24.8 Å². The lowest BCUT2D eigenvalue weighted by Gasteiger charge is -2.55. The number of aromatic hydroxyl groups is 1. The second-order valence-corrected chi connectivity index (χ2v) is 8.22. The zero-order valence-electron chi connectivity index (χ0n) is 16.3. The Bertz CT molecular complexity index is 809. The van der Waals surface area contributed by atoms with Gasteiger partial charge in [-0.1, -0.05) is 52.0 Å². The quantitative estimate of drug-likeness (QED) is 0.902. The fourth-order valence-electron chi connectivity index (χ4n) is 4.22. The summed E-state index contributed by atoms with van der Waals surface area (Å²) in [5.41, 5.74) is 3.04. The number of carbonyl (C=O) groups excluding carboxylic acids is 1. The highest BCUT2D eigenvalue weighted by atomic mass is 16.3. The zero-order chi connectivity index (χ0) is 19.1. The van der Waals surface area contributed by atoms with E-state index in [1.54, 1.807) is 6.07 Å². The van der Waals surface area contributed by atoms with E-state index in [1.807, 2.05) is 11.8 Å². The van der Waals surface area contributed by atoms with Crippen molar-refractivity contribution in [2.75, 3.05) is 6.54 Å². The molecule has 1 aromatic carbocycles. The third kappa shape index (κ3) is 2.77. The van der Waals surface area contributed by atoms with E-state index < -0.39 is 0 Å². The number of hydrogen-bond donors (Lipinski definition) is 1. The van der Waals surface area contributed by atoms with Crippen LogP contribution in [0.2, 0.25) is 0 Å². The molecule has 0 saturated heterocycles. The van der Waals surface area contributed by atoms with E-state index >= 15 is 0 Å². The number of nitrogens with zero attached hydrogens (tertiary/aromatic N) is 2. The van der Waals surface area contributed by atoms with E-state index in [1.165, 1.54) is 23.4 Å². The van der Waals surface area contributed by atoms with Crippen LogP contribution < -0.4 is 0 Å². The van der Waals surface area contributed by atoms with Crippen molar-refractivity contribution in [3.63, 3.8) is 0 Å². The molecule has 4 nitrogen and oxygen atoms in total. The number of carbonyl (C=O) groups is 1. The normalized spacial score (nSPS) is 20.3. The predicted octanol–water partition coefficient (Wildman–Crippen LogP) is 4.18. The van der Waals surface area contributed by atoms with E-state index in [0.717, 1.165) is 6.42 Å². The molecule has 2 aromatic rings. The number of hydrogen-bond acceptors (Lipinski definition) is 3. The van der Waals surface area contributed by atoms with E-state index in [4.69, 9.17) is 0 Å². The Morgan fingerprint density at radius 3 is 2.50 bits per heavy atom. The third-order valence-corrected chi connectivity index (χ3v) is 6.52. The van der Waals surface area contributed by atoms with Crippen LogP contribution in [0.3, 0.4) is 0 Å². The zero-order valence-corrected chi connectivity index (χ0v) is 16.3. The van der Waals surface area contributed by atoms with Crippen LogP contribution in [0.25, 0.3) is 0 Å². The molecule has 3 rings (SSSR count). The summed E-state index contributed by atoms with van der Waals surface area (Å²) in [5, 5.41) is 9.41. The lowest BCUT2D eigenvalue weighted by molar-refractivity contribution is 0.0214. The molecule has 0 fully saturated rings. The minimum atomic E-state index is -0.0998. The number of fused-ring (bicyclic) bond motifs is 1. The predicted molar refractivity (Wildman–Crippen MR) is 103 cm³/mol. The van der Waals surface area contributed by atoms with Crippen LogP contribution in [0.5, 0.6) is 5.88 Å². The molecule has 0 unspecified atom stereocenters. The monoisotopic (exact) mass is 352 g/mol. The van der Waals surface area contributed by atoms with E-state index in [-0.39, 0.29) is 28.7 Å². The second-order valence-electron chi connectivity index (χ2n) is 8.22. The summed E-state index contributed by atoms with van der Waals surface area (Å²) in [6.45, 7) is 11.7. The van der Waals surface area contributed by atoms with Gasteiger partial charge in [0.15, 0.2) is 0 Å². The van der Waals surface area contributed by atoms with Crippen molar-refractivity contribution in [1.82, 2.24) is 9.88 Å². The number of benzene rings is 1. The molecule has 1 atom stereocenters. The average molecular weight is 352 g/mol. The highest BCUT2D eigenvalue weighted by Crippen LogP contribution is 2.51. The van der Waals surface area contributed by atoms with Crippen LogP contribution in [0, 0.1) is 5.41 Å². The van der Waals surface area contributed by atoms with Crippen molar-refractivity contribution in [1.29, 1.82) is 0 Å². The largest absolute Gasteiger partial charge is 0.493 e. The molecule has 4 heteroatoms. The van der Waals surface area contributed by atoms with Gasteiger partial charge in [-0.2, -0.15) is 0 Å². The minimum absolute atomic E-state index is 0.0340. The SMILES string of the molecule is CCN(C(=O)c1ccc(O)nc1)[C@@H]1Cc2ccccc2C(C)(C)C1(C)C. The molecular weight excluding hydrogens is 324 g/mol. The van der Waals surface area contributed by atoms with Gasteiger partial charge in [-0.25, -0.2) is 4.98 Å². The van der Waals surface area contributed by atoms with Crippen molar-refractivity contribution >= 4 is 5.91 Å². The number of pyridine rings is 1. The second kappa shape index (κ2) is 6.42. The Morgan fingerprint density at radius 2 is 1.88 bits per heavy atom. The summed E-state index contributed by atoms with van der Waals surface area (Å²) < 4.78 is 0. The Labute approximate surface area is 155 Å². The number of amides is 1. The van der Waals surface area contributed by atoms with E-state index in [2.05, 4.69) is 56.9 Å². The van der Waals surface area contributed by atoms with Crippen molar-refractivity contribution < 1.29 is 9.90 Å². The topological polar surface area (TPSA) is 53.4 Å². The lowest BCUT2D eigenvalue weighted by atomic mass is 9.55. The maximum absolute atomic E-state index is 13.2. The van der Waals surface area contributed by atoms with Crippen molar-refractivity contribution in [3.05, 3.63) is 59.3 Å². The first kappa shape index (κ1) is 18.4. The Hall–Kier alpha value is -2.36. The first-order valence-electron chi connectivity index (χ1n) is 9.24. The molecule has 0 spiro atoms. The smallest absolute Gasteiger partial charge is 0.255 e. The van der Waals surface area contributed by atoms with Gasteiger partial charge in [-0.05, 0) is 41.4 Å². The lowest BCUT2D eigenvalue weighted by Crippen LogP contribution is -2.58. The first-order chi connectivity index (χ1) is 12.2. The molecule has 26 heavy (non-hydrogen) atoms. The standard InChI is InChI=1S/C22H28N2O2/c1-6-24(20(26)16-11-12-19(25)23-14-16)18-13-15-9-7-8-10-17(15)21(2,3)22(18,4)5/h7-12,14,18H,6,13H2,1-5H3,(H,23,25)/t18-/m1/s1. The van der Waals surface area contributed by atoms with Crippen LogP contribution in [0.15, 0.2) is 42.6 Å². The molecular formula is C22H28N2O2. The number of rotatable bonds is 3. The summed E-state index contributed by atoms with van der Waals surface area (Å²) >= 11 is 0.